The fourth-order valence-electron chi connectivity index (χ4n) is 2.66. The highest BCUT2D eigenvalue weighted by molar-refractivity contribution is 7.18. The van der Waals surface area contributed by atoms with Gasteiger partial charge in [-0.1, -0.05) is 0 Å². The third kappa shape index (κ3) is 3.39. The van der Waals surface area contributed by atoms with E-state index in [1.807, 2.05) is 6.92 Å². The first kappa shape index (κ1) is 15.6. The first-order chi connectivity index (χ1) is 10.6. The van der Waals surface area contributed by atoms with Gasteiger partial charge in [0.05, 0.1) is 18.1 Å². The summed E-state index contributed by atoms with van der Waals surface area (Å²) >= 11 is 1.74. The summed E-state index contributed by atoms with van der Waals surface area (Å²) < 4.78 is 11.1. The van der Waals surface area contributed by atoms with Crippen molar-refractivity contribution < 1.29 is 9.47 Å². The SMILES string of the molecule is Cc1nc(NCCCOC2CCOC2)c2c(C)c(C)sc2n1. The van der Waals surface area contributed by atoms with Gasteiger partial charge in [-0.05, 0) is 39.2 Å². The van der Waals surface area contributed by atoms with Crippen molar-refractivity contribution in [1.82, 2.24) is 9.97 Å². The third-order valence-electron chi connectivity index (χ3n) is 4.00. The lowest BCUT2D eigenvalue weighted by atomic mass is 10.2. The maximum atomic E-state index is 5.78. The van der Waals surface area contributed by atoms with Crippen LogP contribution in [0.4, 0.5) is 5.82 Å². The highest BCUT2D eigenvalue weighted by Gasteiger charge is 2.16. The van der Waals surface area contributed by atoms with Crippen molar-refractivity contribution in [3.05, 3.63) is 16.3 Å². The summed E-state index contributed by atoms with van der Waals surface area (Å²) in [5.41, 5.74) is 1.28. The molecule has 22 heavy (non-hydrogen) atoms. The number of hydrogen-bond donors (Lipinski definition) is 1. The third-order valence-corrected chi connectivity index (χ3v) is 5.10. The number of thiophene rings is 1. The summed E-state index contributed by atoms with van der Waals surface area (Å²) in [6, 6.07) is 0. The van der Waals surface area contributed by atoms with Crippen molar-refractivity contribution in [3.63, 3.8) is 0 Å². The van der Waals surface area contributed by atoms with E-state index >= 15 is 0 Å². The predicted molar refractivity (Wildman–Crippen MR) is 89.9 cm³/mol. The molecular formula is C16H23N3O2S. The minimum absolute atomic E-state index is 0.287. The van der Waals surface area contributed by atoms with Crippen molar-refractivity contribution in [2.45, 2.75) is 39.7 Å². The standard InChI is InChI=1S/C16H23N3O2S/c1-10-11(2)22-16-14(10)15(18-12(3)19-16)17-6-4-7-21-13-5-8-20-9-13/h13H,4-9H2,1-3H3,(H,17,18,19). The molecule has 6 heteroatoms. The van der Waals surface area contributed by atoms with Crippen LogP contribution in [0.5, 0.6) is 0 Å². The van der Waals surface area contributed by atoms with Crippen LogP contribution >= 0.6 is 11.3 Å². The fourth-order valence-corrected chi connectivity index (χ4v) is 3.73. The number of aromatic nitrogens is 2. The van der Waals surface area contributed by atoms with Crippen LogP contribution in [-0.2, 0) is 9.47 Å². The van der Waals surface area contributed by atoms with Gasteiger partial charge in [0.15, 0.2) is 0 Å². The van der Waals surface area contributed by atoms with Crippen LogP contribution in [-0.4, -0.2) is 42.4 Å². The Hall–Kier alpha value is -1.24. The molecule has 3 heterocycles. The molecule has 1 saturated heterocycles. The van der Waals surface area contributed by atoms with Crippen LogP contribution in [0, 0.1) is 20.8 Å². The van der Waals surface area contributed by atoms with E-state index in [0.717, 1.165) is 55.7 Å². The van der Waals surface area contributed by atoms with E-state index in [1.165, 1.54) is 15.8 Å². The van der Waals surface area contributed by atoms with E-state index in [2.05, 4.69) is 29.1 Å². The molecule has 0 amide bonds. The number of aryl methyl sites for hydroxylation is 3. The molecule has 1 N–H and O–H groups in total. The van der Waals surface area contributed by atoms with Gasteiger partial charge < -0.3 is 14.8 Å². The summed E-state index contributed by atoms with van der Waals surface area (Å²) in [6.45, 7) is 9.41. The van der Waals surface area contributed by atoms with E-state index in [1.54, 1.807) is 11.3 Å². The van der Waals surface area contributed by atoms with Gasteiger partial charge in [0.1, 0.15) is 16.5 Å². The van der Waals surface area contributed by atoms with Gasteiger partial charge in [-0.25, -0.2) is 9.97 Å². The van der Waals surface area contributed by atoms with E-state index in [9.17, 15) is 0 Å². The lowest BCUT2D eigenvalue weighted by Crippen LogP contribution is -2.15. The van der Waals surface area contributed by atoms with Gasteiger partial charge in [-0.15, -0.1) is 11.3 Å². The number of rotatable bonds is 6. The molecule has 1 aliphatic heterocycles. The molecule has 0 aromatic carbocycles. The van der Waals surface area contributed by atoms with Gasteiger partial charge in [0.2, 0.25) is 0 Å². The number of nitrogens with one attached hydrogen (secondary N) is 1. The minimum Gasteiger partial charge on any atom is -0.379 e. The molecule has 0 spiro atoms. The summed E-state index contributed by atoms with van der Waals surface area (Å²) in [5.74, 6) is 1.77. The highest BCUT2D eigenvalue weighted by Crippen LogP contribution is 2.33. The molecule has 1 fully saturated rings. The summed E-state index contributed by atoms with van der Waals surface area (Å²) in [7, 11) is 0. The van der Waals surface area contributed by atoms with Crippen molar-refractivity contribution in [2.24, 2.45) is 0 Å². The zero-order valence-corrected chi connectivity index (χ0v) is 14.3. The maximum Gasteiger partial charge on any atom is 0.138 e. The van der Waals surface area contributed by atoms with Crippen molar-refractivity contribution in [3.8, 4) is 0 Å². The molecule has 3 rings (SSSR count). The number of hydrogen-bond acceptors (Lipinski definition) is 6. The second kappa shape index (κ2) is 6.89. The Morgan fingerprint density at radius 1 is 1.32 bits per heavy atom. The fraction of sp³-hybridized carbons (Fsp3) is 0.625. The minimum atomic E-state index is 0.287. The maximum absolute atomic E-state index is 5.78. The van der Waals surface area contributed by atoms with Crippen LogP contribution in [0.15, 0.2) is 0 Å². The first-order valence-corrected chi connectivity index (χ1v) is 8.64. The lowest BCUT2D eigenvalue weighted by molar-refractivity contribution is 0.0427. The zero-order valence-electron chi connectivity index (χ0n) is 13.4. The number of nitrogens with zero attached hydrogens (tertiary/aromatic N) is 2. The van der Waals surface area contributed by atoms with E-state index in [4.69, 9.17) is 9.47 Å². The highest BCUT2D eigenvalue weighted by atomic mass is 32.1. The van der Waals surface area contributed by atoms with Crippen molar-refractivity contribution >= 4 is 27.4 Å². The van der Waals surface area contributed by atoms with E-state index in [-0.39, 0.29) is 6.10 Å². The van der Waals surface area contributed by atoms with E-state index in [0.29, 0.717) is 0 Å². The van der Waals surface area contributed by atoms with Gasteiger partial charge in [0, 0.05) is 24.6 Å². The Morgan fingerprint density at radius 3 is 2.95 bits per heavy atom. The molecule has 0 bridgehead atoms. The van der Waals surface area contributed by atoms with E-state index < -0.39 is 0 Å². The van der Waals surface area contributed by atoms with Crippen LogP contribution in [0.25, 0.3) is 10.2 Å². The Labute approximate surface area is 135 Å². The number of fused-ring (bicyclic) bond motifs is 1. The molecule has 0 radical (unpaired) electrons. The Balaban J connectivity index is 1.58. The molecule has 1 atom stereocenters. The molecule has 2 aromatic heterocycles. The van der Waals surface area contributed by atoms with Crippen LogP contribution in [0.3, 0.4) is 0 Å². The van der Waals surface area contributed by atoms with Gasteiger partial charge in [-0.2, -0.15) is 0 Å². The van der Waals surface area contributed by atoms with Crippen LogP contribution in [0.1, 0.15) is 29.1 Å². The molecule has 120 valence electrons. The Bertz CT molecular complexity index is 650. The summed E-state index contributed by atoms with van der Waals surface area (Å²) in [4.78, 5) is 11.5. The molecule has 0 saturated carbocycles. The second-order valence-corrected chi connectivity index (χ2v) is 6.92. The predicted octanol–water partition coefficient (Wildman–Crippen LogP) is 3.22. The van der Waals surface area contributed by atoms with Crippen molar-refractivity contribution in [2.75, 3.05) is 31.7 Å². The molecule has 2 aromatic rings. The molecule has 1 unspecified atom stereocenters. The normalized spacial score (nSPS) is 18.2. The quantitative estimate of drug-likeness (QED) is 0.828. The zero-order chi connectivity index (χ0) is 15.5. The average Bonchev–Trinajstić information content (AvgIpc) is 3.07. The van der Waals surface area contributed by atoms with Gasteiger partial charge >= 0.3 is 0 Å². The molecule has 1 aliphatic rings. The average molecular weight is 321 g/mol. The van der Waals surface area contributed by atoms with Crippen molar-refractivity contribution in [1.29, 1.82) is 0 Å². The van der Waals surface area contributed by atoms with Gasteiger partial charge in [0.25, 0.3) is 0 Å². The summed E-state index contributed by atoms with van der Waals surface area (Å²) in [6.07, 6.45) is 2.27. The second-order valence-electron chi connectivity index (χ2n) is 5.72. The van der Waals surface area contributed by atoms with Gasteiger partial charge in [-0.3, -0.25) is 0 Å². The smallest absolute Gasteiger partial charge is 0.138 e. The molecule has 5 nitrogen and oxygen atoms in total. The Kier molecular flexibility index (Phi) is 4.90. The topological polar surface area (TPSA) is 56.3 Å². The molecule has 0 aliphatic carbocycles. The van der Waals surface area contributed by atoms with Crippen LogP contribution in [0.2, 0.25) is 0 Å². The first-order valence-electron chi connectivity index (χ1n) is 7.82. The molecular weight excluding hydrogens is 298 g/mol. The monoisotopic (exact) mass is 321 g/mol. The van der Waals surface area contributed by atoms with Crippen LogP contribution < -0.4 is 5.32 Å². The lowest BCUT2D eigenvalue weighted by Gasteiger charge is -2.11. The Morgan fingerprint density at radius 2 is 2.18 bits per heavy atom. The number of ether oxygens (including phenoxy) is 2. The summed E-state index contributed by atoms with van der Waals surface area (Å²) in [5, 5.41) is 4.62. The number of anilines is 1. The largest absolute Gasteiger partial charge is 0.379 e.